The third-order valence-corrected chi connectivity index (χ3v) is 5.29. The van der Waals surface area contributed by atoms with E-state index in [1.54, 1.807) is 12.1 Å². The quantitative estimate of drug-likeness (QED) is 0.740. The molecule has 1 saturated carbocycles. The Labute approximate surface area is 166 Å². The Hall–Kier alpha value is -2.66. The zero-order valence-electron chi connectivity index (χ0n) is 16.8. The van der Waals surface area contributed by atoms with Crippen LogP contribution in [0.15, 0.2) is 48.5 Å². The van der Waals surface area contributed by atoms with Crippen LogP contribution in [0.25, 0.3) is 0 Å². The molecular weight excluding hydrogens is 350 g/mol. The molecule has 28 heavy (non-hydrogen) atoms. The van der Waals surface area contributed by atoms with Gasteiger partial charge >= 0.3 is 0 Å². The van der Waals surface area contributed by atoms with E-state index in [2.05, 4.69) is 31.4 Å². The van der Waals surface area contributed by atoms with Crippen LogP contribution in [0, 0.1) is 5.92 Å². The molecule has 0 aliphatic heterocycles. The molecule has 1 aliphatic carbocycles. The summed E-state index contributed by atoms with van der Waals surface area (Å²) in [6, 6.07) is 15.0. The molecule has 2 unspecified atom stereocenters. The molecular formula is C23H29N3O2. The summed E-state index contributed by atoms with van der Waals surface area (Å²) in [6.07, 6.45) is 2.39. The van der Waals surface area contributed by atoms with Gasteiger partial charge < -0.3 is 16.4 Å². The molecule has 2 aromatic carbocycles. The largest absolute Gasteiger partial charge is 0.328 e. The highest BCUT2D eigenvalue weighted by molar-refractivity contribution is 6.07. The zero-order chi connectivity index (χ0) is 20.3. The second-order valence-electron chi connectivity index (χ2n) is 8.59. The summed E-state index contributed by atoms with van der Waals surface area (Å²) in [6.45, 7) is 6.41. The summed E-state index contributed by atoms with van der Waals surface area (Å²) in [7, 11) is 0. The summed E-state index contributed by atoms with van der Waals surface area (Å²) >= 11 is 0. The van der Waals surface area contributed by atoms with Crippen LogP contribution in [0.3, 0.4) is 0 Å². The van der Waals surface area contributed by atoms with Crippen molar-refractivity contribution in [3.05, 3.63) is 59.7 Å². The van der Waals surface area contributed by atoms with Gasteiger partial charge in [0.25, 0.3) is 5.91 Å². The van der Waals surface area contributed by atoms with Crippen LogP contribution in [0.5, 0.6) is 0 Å². The van der Waals surface area contributed by atoms with Crippen LogP contribution in [-0.2, 0) is 10.2 Å². The normalized spacial score (nSPS) is 19.3. The molecule has 2 amide bonds. The number of carbonyl (C=O) groups is 2. The number of nitrogens with one attached hydrogen (secondary N) is 2. The lowest BCUT2D eigenvalue weighted by Crippen LogP contribution is -2.24. The highest BCUT2D eigenvalue weighted by Crippen LogP contribution is 2.28. The van der Waals surface area contributed by atoms with E-state index >= 15 is 0 Å². The molecule has 4 N–H and O–H groups in total. The van der Waals surface area contributed by atoms with E-state index in [0.717, 1.165) is 12.8 Å². The number of anilines is 2. The van der Waals surface area contributed by atoms with Crippen molar-refractivity contribution in [1.29, 1.82) is 0 Å². The highest BCUT2D eigenvalue weighted by Gasteiger charge is 2.28. The van der Waals surface area contributed by atoms with E-state index in [9.17, 15) is 9.59 Å². The summed E-state index contributed by atoms with van der Waals surface area (Å²) in [5.41, 5.74) is 8.90. The maximum atomic E-state index is 12.7. The predicted molar refractivity (Wildman–Crippen MR) is 113 cm³/mol. The number of benzene rings is 2. The lowest BCUT2D eigenvalue weighted by atomic mass is 9.87. The molecule has 0 bridgehead atoms. The van der Waals surface area contributed by atoms with Crippen molar-refractivity contribution in [3.8, 4) is 0 Å². The lowest BCUT2D eigenvalue weighted by molar-refractivity contribution is -0.119. The fraction of sp³-hybridized carbons (Fsp3) is 0.391. The Morgan fingerprint density at radius 1 is 0.929 bits per heavy atom. The Bertz CT molecular complexity index is 853. The average Bonchev–Trinajstić information content (AvgIpc) is 3.09. The highest BCUT2D eigenvalue weighted by atomic mass is 16.2. The summed E-state index contributed by atoms with van der Waals surface area (Å²) < 4.78 is 0. The van der Waals surface area contributed by atoms with Gasteiger partial charge in [0.05, 0.1) is 11.4 Å². The molecule has 148 valence electrons. The van der Waals surface area contributed by atoms with Crippen LogP contribution < -0.4 is 16.4 Å². The monoisotopic (exact) mass is 379 g/mol. The first-order valence-corrected chi connectivity index (χ1v) is 9.81. The standard InChI is InChI=1S/C23H29N3O2/c1-23(2,3)17-11-8-15(9-12-17)21(27)25-19-6-4-5-7-20(19)26-22(28)16-10-13-18(24)14-16/h4-9,11-12,16,18H,10,13-14,24H2,1-3H3,(H,25,27)(H,26,28). The number of rotatable bonds is 4. The SMILES string of the molecule is CC(C)(C)c1ccc(C(=O)Nc2ccccc2NC(=O)C2CCC(N)C2)cc1. The minimum atomic E-state index is -0.204. The van der Waals surface area contributed by atoms with E-state index in [4.69, 9.17) is 5.73 Å². The van der Waals surface area contributed by atoms with Crippen molar-refractivity contribution in [2.45, 2.75) is 51.5 Å². The first-order valence-electron chi connectivity index (χ1n) is 9.81. The minimum Gasteiger partial charge on any atom is -0.328 e. The maximum absolute atomic E-state index is 12.7. The molecule has 5 nitrogen and oxygen atoms in total. The van der Waals surface area contributed by atoms with Gasteiger partial charge in [0.1, 0.15) is 0 Å². The predicted octanol–water partition coefficient (Wildman–Crippen LogP) is 4.30. The van der Waals surface area contributed by atoms with Gasteiger partial charge in [-0.1, -0.05) is 45.0 Å². The van der Waals surface area contributed by atoms with Crippen LogP contribution in [0.1, 0.15) is 56.0 Å². The smallest absolute Gasteiger partial charge is 0.255 e. The van der Waals surface area contributed by atoms with Crippen molar-refractivity contribution in [3.63, 3.8) is 0 Å². The number of para-hydroxylation sites is 2. The molecule has 0 aromatic heterocycles. The second-order valence-corrected chi connectivity index (χ2v) is 8.59. The Balaban J connectivity index is 1.70. The average molecular weight is 380 g/mol. The van der Waals surface area contributed by atoms with Crippen LogP contribution in [0.2, 0.25) is 0 Å². The number of carbonyl (C=O) groups excluding carboxylic acids is 2. The third kappa shape index (κ3) is 4.78. The summed E-state index contributed by atoms with van der Waals surface area (Å²) in [5, 5.41) is 5.86. The van der Waals surface area contributed by atoms with Gasteiger partial charge in [-0.3, -0.25) is 9.59 Å². The summed E-state index contributed by atoms with van der Waals surface area (Å²) in [5.74, 6) is -0.307. The fourth-order valence-electron chi connectivity index (χ4n) is 3.51. The third-order valence-electron chi connectivity index (χ3n) is 5.29. The lowest BCUT2D eigenvalue weighted by Gasteiger charge is -2.19. The number of hydrogen-bond acceptors (Lipinski definition) is 3. The molecule has 5 heteroatoms. The van der Waals surface area contributed by atoms with Crippen LogP contribution in [-0.4, -0.2) is 17.9 Å². The van der Waals surface area contributed by atoms with E-state index in [1.165, 1.54) is 5.56 Å². The molecule has 3 rings (SSSR count). The molecule has 0 spiro atoms. The van der Waals surface area contributed by atoms with Crippen LogP contribution >= 0.6 is 0 Å². The van der Waals surface area contributed by atoms with Gasteiger partial charge in [-0.05, 0) is 54.5 Å². The van der Waals surface area contributed by atoms with Crippen molar-refractivity contribution in [2.24, 2.45) is 11.7 Å². The molecule has 0 radical (unpaired) electrons. The van der Waals surface area contributed by atoms with Crippen molar-refractivity contribution in [2.75, 3.05) is 10.6 Å². The van der Waals surface area contributed by atoms with Gasteiger partial charge in [-0.25, -0.2) is 0 Å². The Kier molecular flexibility index (Phi) is 5.84. The van der Waals surface area contributed by atoms with E-state index in [1.807, 2.05) is 36.4 Å². The Morgan fingerprint density at radius 2 is 1.54 bits per heavy atom. The number of nitrogens with two attached hydrogens (primary N) is 1. The topological polar surface area (TPSA) is 84.2 Å². The van der Waals surface area contributed by atoms with Crippen molar-refractivity contribution >= 4 is 23.2 Å². The molecule has 2 atom stereocenters. The van der Waals surface area contributed by atoms with Gasteiger partial charge in [0.15, 0.2) is 0 Å². The molecule has 1 aliphatic rings. The zero-order valence-corrected chi connectivity index (χ0v) is 16.8. The van der Waals surface area contributed by atoms with E-state index in [0.29, 0.717) is 23.4 Å². The second kappa shape index (κ2) is 8.15. The van der Waals surface area contributed by atoms with E-state index < -0.39 is 0 Å². The fourth-order valence-corrected chi connectivity index (χ4v) is 3.51. The van der Waals surface area contributed by atoms with E-state index in [-0.39, 0.29) is 29.2 Å². The Morgan fingerprint density at radius 3 is 2.07 bits per heavy atom. The number of hydrogen-bond donors (Lipinski definition) is 3. The van der Waals surface area contributed by atoms with Gasteiger partial charge in [0, 0.05) is 17.5 Å². The summed E-state index contributed by atoms with van der Waals surface area (Å²) in [4.78, 5) is 25.2. The minimum absolute atomic E-state index is 0.0364. The van der Waals surface area contributed by atoms with Crippen molar-refractivity contribution < 1.29 is 9.59 Å². The molecule has 1 fully saturated rings. The van der Waals surface area contributed by atoms with Gasteiger partial charge in [-0.2, -0.15) is 0 Å². The molecule has 0 heterocycles. The first kappa shape index (κ1) is 20.1. The van der Waals surface area contributed by atoms with Crippen molar-refractivity contribution in [1.82, 2.24) is 0 Å². The van der Waals surface area contributed by atoms with Gasteiger partial charge in [0.2, 0.25) is 5.91 Å². The molecule has 2 aromatic rings. The first-order chi connectivity index (χ1) is 13.2. The van der Waals surface area contributed by atoms with Gasteiger partial charge in [-0.15, -0.1) is 0 Å². The number of amides is 2. The molecule has 0 saturated heterocycles. The maximum Gasteiger partial charge on any atom is 0.255 e. The van der Waals surface area contributed by atoms with Crippen LogP contribution in [0.4, 0.5) is 11.4 Å².